The first-order valence-corrected chi connectivity index (χ1v) is 8.34. The number of amides is 1. The van der Waals surface area contributed by atoms with E-state index < -0.39 is 17.6 Å². The third-order valence-corrected chi connectivity index (χ3v) is 4.72. The number of benzene rings is 1. The molecule has 1 amide bonds. The van der Waals surface area contributed by atoms with Gasteiger partial charge in [-0.15, -0.1) is 11.3 Å². The Morgan fingerprint density at radius 2 is 1.88 bits per heavy atom. The molecule has 1 N–H and O–H groups in total. The predicted octanol–water partition coefficient (Wildman–Crippen LogP) is 5.00. The fraction of sp³-hybridized carbons (Fsp3) is 0.167. The van der Waals surface area contributed by atoms with Crippen LogP contribution in [0.15, 0.2) is 59.2 Å². The molecule has 0 aliphatic carbocycles. The molecule has 25 heavy (non-hydrogen) atoms. The Morgan fingerprint density at radius 3 is 2.60 bits per heavy atom. The van der Waals surface area contributed by atoms with Crippen molar-refractivity contribution in [1.29, 1.82) is 0 Å². The lowest BCUT2D eigenvalue weighted by Gasteiger charge is -2.12. The second kappa shape index (κ2) is 7.14. The Labute approximate surface area is 146 Å². The van der Waals surface area contributed by atoms with Gasteiger partial charge in [-0.3, -0.25) is 4.79 Å². The number of nitrogens with one attached hydrogen (secondary N) is 1. The molecule has 0 fully saturated rings. The van der Waals surface area contributed by atoms with Gasteiger partial charge in [-0.2, -0.15) is 13.2 Å². The van der Waals surface area contributed by atoms with Crippen LogP contribution in [-0.2, 0) is 12.6 Å². The molecule has 0 radical (unpaired) electrons. The number of rotatable bonds is 5. The lowest BCUT2D eigenvalue weighted by atomic mass is 10.1. The van der Waals surface area contributed by atoms with Crippen LogP contribution in [0.3, 0.4) is 0 Å². The average Bonchev–Trinajstić information content (AvgIpc) is 3.25. The summed E-state index contributed by atoms with van der Waals surface area (Å²) in [6.07, 6.45) is -2.43. The summed E-state index contributed by atoms with van der Waals surface area (Å²) in [5, 5.41) is 2.55. The van der Waals surface area contributed by atoms with Crippen molar-refractivity contribution in [2.45, 2.75) is 12.6 Å². The third-order valence-electron chi connectivity index (χ3n) is 3.56. The van der Waals surface area contributed by atoms with Crippen LogP contribution >= 0.6 is 11.3 Å². The van der Waals surface area contributed by atoms with Crippen LogP contribution in [0.4, 0.5) is 13.2 Å². The lowest BCUT2D eigenvalue weighted by Crippen LogP contribution is -2.28. The predicted molar refractivity (Wildman–Crippen MR) is 89.5 cm³/mol. The molecule has 0 saturated heterocycles. The zero-order valence-electron chi connectivity index (χ0n) is 13.0. The van der Waals surface area contributed by atoms with Gasteiger partial charge in [-0.1, -0.05) is 12.1 Å². The normalized spacial score (nSPS) is 11.5. The first-order chi connectivity index (χ1) is 11.9. The molecule has 0 saturated carbocycles. The minimum atomic E-state index is -4.56. The van der Waals surface area contributed by atoms with E-state index in [2.05, 4.69) is 5.32 Å². The molecule has 0 unspecified atom stereocenters. The van der Waals surface area contributed by atoms with Crippen LogP contribution in [0.1, 0.15) is 20.8 Å². The van der Waals surface area contributed by atoms with Crippen LogP contribution in [-0.4, -0.2) is 12.5 Å². The van der Waals surface area contributed by atoms with E-state index in [4.69, 9.17) is 4.42 Å². The molecule has 0 bridgehead atoms. The van der Waals surface area contributed by atoms with E-state index in [-0.39, 0.29) is 12.1 Å². The second-order valence-corrected chi connectivity index (χ2v) is 6.46. The SMILES string of the molecule is O=C(NCCc1ccc(-c2ccco2)s1)c1ccccc1C(F)(F)F. The largest absolute Gasteiger partial charge is 0.464 e. The van der Waals surface area contributed by atoms with Gasteiger partial charge in [0.2, 0.25) is 0 Å². The zero-order chi connectivity index (χ0) is 17.9. The van der Waals surface area contributed by atoms with Gasteiger partial charge >= 0.3 is 6.18 Å². The molecule has 0 aliphatic heterocycles. The number of hydrogen-bond acceptors (Lipinski definition) is 3. The van der Waals surface area contributed by atoms with Gasteiger partial charge in [0.05, 0.1) is 22.3 Å². The highest BCUT2D eigenvalue weighted by molar-refractivity contribution is 7.15. The summed E-state index contributed by atoms with van der Waals surface area (Å²) in [5.41, 5.74) is -1.29. The van der Waals surface area contributed by atoms with E-state index in [1.54, 1.807) is 12.3 Å². The molecule has 2 heterocycles. The number of halogens is 3. The number of hydrogen-bond donors (Lipinski definition) is 1. The summed E-state index contributed by atoms with van der Waals surface area (Å²) >= 11 is 1.52. The maximum Gasteiger partial charge on any atom is 0.417 e. The van der Waals surface area contributed by atoms with E-state index in [0.717, 1.165) is 21.6 Å². The number of carbonyl (C=O) groups is 1. The molecule has 0 spiro atoms. The van der Waals surface area contributed by atoms with Crippen molar-refractivity contribution in [1.82, 2.24) is 5.32 Å². The molecular formula is C18H14F3NO2S. The highest BCUT2D eigenvalue weighted by atomic mass is 32.1. The van der Waals surface area contributed by atoms with Crippen LogP contribution in [0.5, 0.6) is 0 Å². The van der Waals surface area contributed by atoms with Gasteiger partial charge in [0.25, 0.3) is 5.91 Å². The van der Waals surface area contributed by atoms with Crippen molar-refractivity contribution < 1.29 is 22.4 Å². The monoisotopic (exact) mass is 365 g/mol. The second-order valence-electron chi connectivity index (χ2n) is 5.29. The topological polar surface area (TPSA) is 42.2 Å². The first kappa shape index (κ1) is 17.3. The average molecular weight is 365 g/mol. The van der Waals surface area contributed by atoms with Gasteiger partial charge in [0, 0.05) is 11.4 Å². The fourth-order valence-corrected chi connectivity index (χ4v) is 3.36. The Kier molecular flexibility index (Phi) is 4.94. The summed E-state index contributed by atoms with van der Waals surface area (Å²) in [6.45, 7) is 0.253. The molecule has 3 rings (SSSR count). The zero-order valence-corrected chi connectivity index (χ0v) is 13.8. The smallest absolute Gasteiger partial charge is 0.417 e. The van der Waals surface area contributed by atoms with Crippen LogP contribution in [0, 0.1) is 0 Å². The van der Waals surface area contributed by atoms with E-state index in [0.29, 0.717) is 6.42 Å². The Morgan fingerprint density at radius 1 is 1.08 bits per heavy atom. The standard InChI is InChI=1S/C18H14F3NO2S/c19-18(20,21)14-5-2-1-4-13(14)17(23)22-10-9-12-7-8-16(25-12)15-6-3-11-24-15/h1-8,11H,9-10H2,(H,22,23). The van der Waals surface area contributed by atoms with E-state index in [9.17, 15) is 18.0 Å². The van der Waals surface area contributed by atoms with Gasteiger partial charge in [0.1, 0.15) is 5.76 Å². The quantitative estimate of drug-likeness (QED) is 0.691. The molecule has 130 valence electrons. The van der Waals surface area contributed by atoms with Gasteiger partial charge in [-0.05, 0) is 42.8 Å². The first-order valence-electron chi connectivity index (χ1n) is 7.52. The van der Waals surface area contributed by atoms with Crippen molar-refractivity contribution in [3.8, 4) is 10.6 Å². The maximum atomic E-state index is 12.9. The molecule has 3 aromatic rings. The van der Waals surface area contributed by atoms with Crippen molar-refractivity contribution in [3.05, 3.63) is 70.8 Å². The lowest BCUT2D eigenvalue weighted by molar-refractivity contribution is -0.137. The van der Waals surface area contributed by atoms with Gasteiger partial charge in [-0.25, -0.2) is 0 Å². The highest BCUT2D eigenvalue weighted by Gasteiger charge is 2.34. The summed E-state index contributed by atoms with van der Waals surface area (Å²) in [7, 11) is 0. The van der Waals surface area contributed by atoms with Crippen molar-refractivity contribution in [2.75, 3.05) is 6.54 Å². The molecule has 0 aliphatic rings. The Balaban J connectivity index is 1.61. The van der Waals surface area contributed by atoms with E-state index in [1.165, 1.54) is 29.5 Å². The minimum Gasteiger partial charge on any atom is -0.464 e. The summed E-state index contributed by atoms with van der Waals surface area (Å²) in [5.74, 6) is 0.0372. The number of alkyl halides is 3. The third kappa shape index (κ3) is 4.11. The molecule has 0 atom stereocenters. The van der Waals surface area contributed by atoms with Crippen LogP contribution in [0.25, 0.3) is 10.6 Å². The van der Waals surface area contributed by atoms with Gasteiger partial charge < -0.3 is 9.73 Å². The maximum absolute atomic E-state index is 12.9. The summed E-state index contributed by atoms with van der Waals surface area (Å²) in [6, 6.07) is 12.2. The highest BCUT2D eigenvalue weighted by Crippen LogP contribution is 2.32. The van der Waals surface area contributed by atoms with Crippen molar-refractivity contribution in [2.24, 2.45) is 0 Å². The van der Waals surface area contributed by atoms with Crippen molar-refractivity contribution in [3.63, 3.8) is 0 Å². The number of furan rings is 1. The van der Waals surface area contributed by atoms with Gasteiger partial charge in [0.15, 0.2) is 0 Å². The summed E-state index contributed by atoms with van der Waals surface area (Å²) in [4.78, 5) is 14.0. The Bertz CT molecular complexity index is 853. The van der Waals surface area contributed by atoms with E-state index in [1.807, 2.05) is 18.2 Å². The molecule has 1 aromatic carbocycles. The molecular weight excluding hydrogens is 351 g/mol. The number of carbonyl (C=O) groups excluding carboxylic acids is 1. The van der Waals surface area contributed by atoms with Crippen LogP contribution < -0.4 is 5.32 Å². The summed E-state index contributed by atoms with van der Waals surface area (Å²) < 4.78 is 44.2. The molecule has 3 nitrogen and oxygen atoms in total. The van der Waals surface area contributed by atoms with Crippen LogP contribution in [0.2, 0.25) is 0 Å². The Hall–Kier alpha value is -2.54. The van der Waals surface area contributed by atoms with E-state index >= 15 is 0 Å². The molecule has 2 aromatic heterocycles. The van der Waals surface area contributed by atoms with Crippen molar-refractivity contribution >= 4 is 17.2 Å². The molecule has 7 heteroatoms. The minimum absolute atomic E-state index is 0.253. The number of thiophene rings is 1. The fourth-order valence-electron chi connectivity index (χ4n) is 2.39.